The van der Waals surface area contributed by atoms with Crippen molar-refractivity contribution < 1.29 is 18.3 Å². The summed E-state index contributed by atoms with van der Waals surface area (Å²) >= 11 is 5.96. The van der Waals surface area contributed by atoms with Crippen molar-refractivity contribution >= 4 is 29.3 Å². The van der Waals surface area contributed by atoms with Crippen LogP contribution in [0.1, 0.15) is 31.9 Å². The van der Waals surface area contributed by atoms with E-state index in [0.717, 1.165) is 5.56 Å². The van der Waals surface area contributed by atoms with Crippen molar-refractivity contribution in [3.05, 3.63) is 70.3 Å². The van der Waals surface area contributed by atoms with Gasteiger partial charge in [-0.2, -0.15) is 0 Å². The highest BCUT2D eigenvalue weighted by Gasteiger charge is 2.16. The maximum Gasteiger partial charge on any atom is 0.325 e. The van der Waals surface area contributed by atoms with Gasteiger partial charge in [-0.05, 0) is 74.4 Å². The van der Waals surface area contributed by atoms with Crippen LogP contribution in [0.15, 0.2) is 47.5 Å². The molecule has 2 aromatic rings. The minimum absolute atomic E-state index is 0.0236. The van der Waals surface area contributed by atoms with Crippen molar-refractivity contribution in [1.29, 1.82) is 0 Å². The summed E-state index contributed by atoms with van der Waals surface area (Å²) in [5, 5.41) is 0.509. The number of hydrogen-bond donors (Lipinski definition) is 0. The van der Waals surface area contributed by atoms with E-state index < -0.39 is 5.97 Å². The van der Waals surface area contributed by atoms with E-state index in [9.17, 15) is 13.6 Å². The van der Waals surface area contributed by atoms with E-state index in [2.05, 4.69) is 0 Å². The number of hydrogen-bond acceptors (Lipinski definition) is 3. The first-order chi connectivity index (χ1) is 12.7. The molecule has 0 saturated heterocycles. The van der Waals surface area contributed by atoms with Gasteiger partial charge in [-0.3, -0.25) is 4.79 Å². The molecule has 0 fully saturated rings. The lowest BCUT2D eigenvalue weighted by Crippen LogP contribution is -2.32. The number of allylic oxidation sites excluding steroid dienone is 1. The first-order valence-electron chi connectivity index (χ1n) is 8.57. The SMILES string of the molecule is C/C(Cl)=C/c1cc(F)ccc1CN(CC(=O)OC(C)C)c1ccc(F)cc1. The molecule has 3 nitrogen and oxygen atoms in total. The van der Waals surface area contributed by atoms with Crippen molar-refractivity contribution in [2.45, 2.75) is 33.4 Å². The largest absolute Gasteiger partial charge is 0.462 e. The average Bonchev–Trinajstić information content (AvgIpc) is 2.56. The Morgan fingerprint density at radius 1 is 1.15 bits per heavy atom. The molecule has 0 spiro atoms. The highest BCUT2D eigenvalue weighted by atomic mass is 35.5. The monoisotopic (exact) mass is 393 g/mol. The molecule has 0 heterocycles. The lowest BCUT2D eigenvalue weighted by Gasteiger charge is -2.25. The molecular formula is C21H22ClF2NO2. The second-order valence-electron chi connectivity index (χ2n) is 6.45. The molecular weight excluding hydrogens is 372 g/mol. The first-order valence-corrected chi connectivity index (χ1v) is 8.94. The summed E-state index contributed by atoms with van der Waals surface area (Å²) in [7, 11) is 0. The van der Waals surface area contributed by atoms with Gasteiger partial charge in [-0.1, -0.05) is 17.7 Å². The summed E-state index contributed by atoms with van der Waals surface area (Å²) in [4.78, 5) is 13.9. The van der Waals surface area contributed by atoms with E-state index in [0.29, 0.717) is 22.8 Å². The fourth-order valence-electron chi connectivity index (χ4n) is 2.61. The van der Waals surface area contributed by atoms with Crippen LogP contribution in [-0.2, 0) is 16.1 Å². The van der Waals surface area contributed by atoms with Crippen molar-refractivity contribution in [1.82, 2.24) is 0 Å². The maximum absolute atomic E-state index is 13.7. The van der Waals surface area contributed by atoms with Crippen molar-refractivity contribution in [2.75, 3.05) is 11.4 Å². The van der Waals surface area contributed by atoms with Crippen LogP contribution in [0.2, 0.25) is 0 Å². The predicted octanol–water partition coefficient (Wildman–Crippen LogP) is 5.52. The highest BCUT2D eigenvalue weighted by molar-refractivity contribution is 6.31. The van der Waals surface area contributed by atoms with Crippen LogP contribution in [0, 0.1) is 11.6 Å². The van der Waals surface area contributed by atoms with Crippen LogP contribution >= 0.6 is 11.6 Å². The molecule has 0 aliphatic carbocycles. The molecule has 6 heteroatoms. The van der Waals surface area contributed by atoms with Gasteiger partial charge in [0, 0.05) is 17.3 Å². The van der Waals surface area contributed by atoms with Crippen molar-refractivity contribution in [2.24, 2.45) is 0 Å². The van der Waals surface area contributed by atoms with Gasteiger partial charge < -0.3 is 9.64 Å². The van der Waals surface area contributed by atoms with Gasteiger partial charge in [-0.25, -0.2) is 8.78 Å². The van der Waals surface area contributed by atoms with Gasteiger partial charge in [0.05, 0.1) is 6.10 Å². The molecule has 0 bridgehead atoms. The number of anilines is 1. The quantitative estimate of drug-likeness (QED) is 0.580. The number of rotatable bonds is 7. The number of nitrogens with zero attached hydrogens (tertiary/aromatic N) is 1. The third-order valence-electron chi connectivity index (χ3n) is 3.70. The minimum atomic E-state index is -0.401. The molecule has 0 saturated carbocycles. The molecule has 27 heavy (non-hydrogen) atoms. The Morgan fingerprint density at radius 2 is 1.78 bits per heavy atom. The Kier molecular flexibility index (Phi) is 7.36. The molecule has 0 atom stereocenters. The van der Waals surface area contributed by atoms with Crippen LogP contribution in [0.3, 0.4) is 0 Å². The van der Waals surface area contributed by atoms with Crippen LogP contribution in [-0.4, -0.2) is 18.6 Å². The Labute approximate surface area is 163 Å². The Balaban J connectivity index is 2.35. The van der Waals surface area contributed by atoms with Crippen LogP contribution < -0.4 is 4.90 Å². The van der Waals surface area contributed by atoms with Gasteiger partial charge in [0.1, 0.15) is 18.2 Å². The summed E-state index contributed by atoms with van der Waals surface area (Å²) in [5.74, 6) is -1.15. The van der Waals surface area contributed by atoms with E-state index in [1.807, 2.05) is 0 Å². The molecule has 0 aliphatic rings. The fraction of sp³-hybridized carbons (Fsp3) is 0.286. The molecule has 0 amide bonds. The zero-order chi connectivity index (χ0) is 20.0. The topological polar surface area (TPSA) is 29.5 Å². The Morgan fingerprint density at radius 3 is 2.37 bits per heavy atom. The van der Waals surface area contributed by atoms with Crippen LogP contribution in [0.25, 0.3) is 6.08 Å². The zero-order valence-electron chi connectivity index (χ0n) is 15.5. The van der Waals surface area contributed by atoms with E-state index in [-0.39, 0.29) is 24.3 Å². The zero-order valence-corrected chi connectivity index (χ0v) is 16.3. The smallest absolute Gasteiger partial charge is 0.325 e. The average molecular weight is 394 g/mol. The molecule has 0 N–H and O–H groups in total. The summed E-state index contributed by atoms with van der Waals surface area (Å²) in [6.45, 7) is 5.52. The number of esters is 1. The molecule has 144 valence electrons. The minimum Gasteiger partial charge on any atom is -0.462 e. The second kappa shape index (κ2) is 9.51. The molecule has 2 rings (SSSR count). The first kappa shape index (κ1) is 20.9. The van der Waals surface area contributed by atoms with Crippen LogP contribution in [0.4, 0.5) is 14.5 Å². The van der Waals surface area contributed by atoms with Gasteiger partial charge in [0.2, 0.25) is 0 Å². The van der Waals surface area contributed by atoms with Gasteiger partial charge >= 0.3 is 5.97 Å². The number of halogens is 3. The molecule has 0 aromatic heterocycles. The lowest BCUT2D eigenvalue weighted by molar-refractivity contribution is -0.145. The number of benzene rings is 2. The van der Waals surface area contributed by atoms with E-state index in [4.69, 9.17) is 16.3 Å². The normalized spacial score (nSPS) is 11.6. The Hall–Kier alpha value is -2.40. The third-order valence-corrected chi connectivity index (χ3v) is 3.81. The number of carbonyl (C=O) groups excluding carboxylic acids is 1. The summed E-state index contributed by atoms with van der Waals surface area (Å²) in [6.07, 6.45) is 1.42. The summed E-state index contributed by atoms with van der Waals surface area (Å²) < 4.78 is 32.2. The highest BCUT2D eigenvalue weighted by Crippen LogP contribution is 2.22. The maximum atomic E-state index is 13.7. The lowest BCUT2D eigenvalue weighted by atomic mass is 10.1. The summed E-state index contributed by atoms with van der Waals surface area (Å²) in [6, 6.07) is 10.2. The van der Waals surface area contributed by atoms with Crippen molar-refractivity contribution in [3.8, 4) is 0 Å². The molecule has 0 unspecified atom stereocenters. The van der Waals surface area contributed by atoms with Crippen LogP contribution in [0.5, 0.6) is 0 Å². The van der Waals surface area contributed by atoms with E-state index >= 15 is 0 Å². The van der Waals surface area contributed by atoms with E-state index in [1.165, 1.54) is 24.3 Å². The fourth-order valence-corrected chi connectivity index (χ4v) is 2.73. The standard InChI is InChI=1S/C21H22ClF2NO2/c1-14(2)27-21(26)13-25(20-8-6-18(23)7-9-20)12-16-4-5-19(24)11-17(16)10-15(3)22/h4-11,14H,12-13H2,1-3H3/b15-10-. The number of carbonyl (C=O) groups is 1. The summed E-state index contributed by atoms with van der Waals surface area (Å²) in [5.41, 5.74) is 2.05. The second-order valence-corrected chi connectivity index (χ2v) is 7.04. The Bertz CT molecular complexity index is 815. The molecule has 0 aliphatic heterocycles. The third kappa shape index (κ3) is 6.68. The van der Waals surface area contributed by atoms with E-state index in [1.54, 1.807) is 49.9 Å². The van der Waals surface area contributed by atoms with Gasteiger partial charge in [0.15, 0.2) is 0 Å². The van der Waals surface area contributed by atoms with Gasteiger partial charge in [-0.15, -0.1) is 0 Å². The molecule has 0 radical (unpaired) electrons. The van der Waals surface area contributed by atoms with Gasteiger partial charge in [0.25, 0.3) is 0 Å². The predicted molar refractivity (Wildman–Crippen MR) is 105 cm³/mol. The molecule has 2 aromatic carbocycles. The number of ether oxygens (including phenoxy) is 1. The van der Waals surface area contributed by atoms with Crippen molar-refractivity contribution in [3.63, 3.8) is 0 Å².